The van der Waals surface area contributed by atoms with Gasteiger partial charge in [0.2, 0.25) is 17.7 Å². The van der Waals surface area contributed by atoms with Gasteiger partial charge in [-0.05, 0) is 37.5 Å². The van der Waals surface area contributed by atoms with Crippen molar-refractivity contribution in [1.82, 2.24) is 25.4 Å². The fraction of sp³-hybridized carbons (Fsp3) is 0.519. The molecule has 3 aromatic rings. The number of hydrogen-bond donors (Lipinski definition) is 1. The topological polar surface area (TPSA) is 106 Å². The summed E-state index contributed by atoms with van der Waals surface area (Å²) in [6, 6.07) is 2.07. The van der Waals surface area contributed by atoms with Crippen LogP contribution in [0.15, 0.2) is 29.0 Å². The molecule has 3 heterocycles. The first-order valence-electron chi connectivity index (χ1n) is 13.2. The average Bonchev–Trinajstić information content (AvgIpc) is 3.38. The standard InChI is InChI=1S/C27H33ClF2N6O3/c1-17(2)12-23-34-25(35-39-23)19-15-32-27(33-16-19)36-9-5-18(6-10-36)4-3-11-38-20-13-21(29)24(22(30)14-20)26(37)31-8-7-28/h13-18H,3-12H2,1-2H3,(H,31,37). The van der Waals surface area contributed by atoms with Gasteiger partial charge < -0.3 is 19.5 Å². The Balaban J connectivity index is 1.19. The minimum atomic E-state index is -0.965. The maximum absolute atomic E-state index is 14.3. The van der Waals surface area contributed by atoms with Gasteiger partial charge in [0.05, 0.1) is 12.2 Å². The van der Waals surface area contributed by atoms with Crippen LogP contribution < -0.4 is 15.0 Å². The number of hydrogen-bond acceptors (Lipinski definition) is 8. The summed E-state index contributed by atoms with van der Waals surface area (Å²) in [6.07, 6.45) is 7.84. The van der Waals surface area contributed by atoms with Crippen molar-refractivity contribution in [3.8, 4) is 17.1 Å². The predicted molar refractivity (Wildman–Crippen MR) is 143 cm³/mol. The summed E-state index contributed by atoms with van der Waals surface area (Å²) in [5.41, 5.74) is 0.0832. The number of aromatic nitrogens is 4. The number of carbonyl (C=O) groups is 1. The van der Waals surface area contributed by atoms with Crippen molar-refractivity contribution in [3.63, 3.8) is 0 Å². The van der Waals surface area contributed by atoms with Crippen LogP contribution in [0.4, 0.5) is 14.7 Å². The quantitative estimate of drug-likeness (QED) is 0.241. The highest BCUT2D eigenvalue weighted by Gasteiger charge is 2.22. The van der Waals surface area contributed by atoms with Crippen LogP contribution >= 0.6 is 11.6 Å². The first-order chi connectivity index (χ1) is 18.8. The molecule has 1 aliphatic rings. The Labute approximate surface area is 231 Å². The molecule has 39 heavy (non-hydrogen) atoms. The van der Waals surface area contributed by atoms with Crippen LogP contribution in [0.3, 0.4) is 0 Å². The summed E-state index contributed by atoms with van der Waals surface area (Å²) < 4.78 is 39.4. The van der Waals surface area contributed by atoms with E-state index in [1.807, 2.05) is 0 Å². The summed E-state index contributed by atoms with van der Waals surface area (Å²) in [5.74, 6) is 0.169. The van der Waals surface area contributed by atoms with Crippen LogP contribution in [0.5, 0.6) is 5.75 Å². The van der Waals surface area contributed by atoms with Crippen molar-refractivity contribution >= 4 is 23.5 Å². The molecular formula is C27H33ClF2N6O3. The molecule has 0 bridgehead atoms. The number of carbonyl (C=O) groups excluding carboxylic acids is 1. The highest BCUT2D eigenvalue weighted by atomic mass is 35.5. The smallest absolute Gasteiger partial charge is 0.257 e. The Kier molecular flexibility index (Phi) is 10.0. The van der Waals surface area contributed by atoms with E-state index in [-0.39, 0.29) is 18.2 Å². The van der Waals surface area contributed by atoms with Crippen LogP contribution in [0.25, 0.3) is 11.4 Å². The summed E-state index contributed by atoms with van der Waals surface area (Å²) in [5, 5.41) is 6.38. The molecule has 0 radical (unpaired) electrons. The number of alkyl halides is 1. The molecule has 1 saturated heterocycles. The first kappa shape index (κ1) is 28.7. The van der Waals surface area contributed by atoms with Crippen LogP contribution in [-0.4, -0.2) is 58.1 Å². The lowest BCUT2D eigenvalue weighted by Crippen LogP contribution is -2.34. The highest BCUT2D eigenvalue weighted by Crippen LogP contribution is 2.26. The summed E-state index contributed by atoms with van der Waals surface area (Å²) in [7, 11) is 0. The van der Waals surface area contributed by atoms with Gasteiger partial charge in [0, 0.05) is 56.5 Å². The molecule has 0 atom stereocenters. The predicted octanol–water partition coefficient (Wildman–Crippen LogP) is 5.05. The van der Waals surface area contributed by atoms with Gasteiger partial charge >= 0.3 is 0 Å². The number of nitrogens with zero attached hydrogens (tertiary/aromatic N) is 5. The summed E-state index contributed by atoms with van der Waals surface area (Å²) in [6.45, 7) is 6.33. The third-order valence-corrected chi connectivity index (χ3v) is 6.68. The van der Waals surface area contributed by atoms with E-state index in [1.54, 1.807) is 12.4 Å². The number of rotatable bonds is 12. The number of amides is 1. The zero-order valence-corrected chi connectivity index (χ0v) is 22.9. The number of ether oxygens (including phenoxy) is 1. The Morgan fingerprint density at radius 1 is 1.21 bits per heavy atom. The van der Waals surface area contributed by atoms with E-state index in [0.717, 1.165) is 62.9 Å². The second kappa shape index (κ2) is 13.6. The number of benzene rings is 1. The monoisotopic (exact) mass is 562 g/mol. The van der Waals surface area contributed by atoms with Gasteiger partial charge in [0.15, 0.2) is 0 Å². The van der Waals surface area contributed by atoms with Crippen molar-refractivity contribution in [3.05, 3.63) is 47.6 Å². The van der Waals surface area contributed by atoms with E-state index in [2.05, 4.69) is 44.2 Å². The molecule has 0 aliphatic carbocycles. The maximum Gasteiger partial charge on any atom is 0.257 e. The second-order valence-corrected chi connectivity index (χ2v) is 10.4. The van der Waals surface area contributed by atoms with Gasteiger partial charge in [0.25, 0.3) is 5.91 Å². The largest absolute Gasteiger partial charge is 0.493 e. The SMILES string of the molecule is CC(C)Cc1nc(-c2cnc(N3CCC(CCCOc4cc(F)c(C(=O)NCCCl)c(F)c4)CC3)nc2)no1. The third kappa shape index (κ3) is 7.84. The fourth-order valence-electron chi connectivity index (χ4n) is 4.49. The second-order valence-electron chi connectivity index (χ2n) is 10.0. The lowest BCUT2D eigenvalue weighted by atomic mass is 9.92. The molecule has 1 aliphatic heterocycles. The van der Waals surface area contributed by atoms with Crippen LogP contribution in [-0.2, 0) is 6.42 Å². The summed E-state index contributed by atoms with van der Waals surface area (Å²) in [4.78, 5) is 27.5. The van der Waals surface area contributed by atoms with E-state index in [1.165, 1.54) is 0 Å². The minimum Gasteiger partial charge on any atom is -0.493 e. The Morgan fingerprint density at radius 3 is 2.54 bits per heavy atom. The van der Waals surface area contributed by atoms with E-state index in [0.29, 0.717) is 36.1 Å². The van der Waals surface area contributed by atoms with E-state index in [9.17, 15) is 13.6 Å². The molecular weight excluding hydrogens is 530 g/mol. The average molecular weight is 563 g/mol. The van der Waals surface area contributed by atoms with Gasteiger partial charge in [-0.25, -0.2) is 18.7 Å². The van der Waals surface area contributed by atoms with E-state index < -0.39 is 23.1 Å². The highest BCUT2D eigenvalue weighted by molar-refractivity contribution is 6.18. The Bertz CT molecular complexity index is 1210. The number of halogens is 3. The molecule has 0 spiro atoms. The third-order valence-electron chi connectivity index (χ3n) is 6.49. The normalized spacial score (nSPS) is 14.2. The van der Waals surface area contributed by atoms with Gasteiger partial charge in [-0.3, -0.25) is 4.79 Å². The van der Waals surface area contributed by atoms with Crippen molar-refractivity contribution in [1.29, 1.82) is 0 Å². The molecule has 1 N–H and O–H groups in total. The zero-order valence-electron chi connectivity index (χ0n) is 22.1. The van der Waals surface area contributed by atoms with Crippen molar-refractivity contribution < 1.29 is 22.8 Å². The van der Waals surface area contributed by atoms with E-state index in [4.69, 9.17) is 20.9 Å². The molecule has 1 amide bonds. The van der Waals surface area contributed by atoms with Crippen molar-refractivity contribution in [2.24, 2.45) is 11.8 Å². The maximum atomic E-state index is 14.3. The molecule has 12 heteroatoms. The molecule has 210 valence electrons. The van der Waals surface area contributed by atoms with Gasteiger partial charge in [-0.2, -0.15) is 4.98 Å². The molecule has 0 saturated carbocycles. The fourth-order valence-corrected chi connectivity index (χ4v) is 4.58. The summed E-state index contributed by atoms with van der Waals surface area (Å²) >= 11 is 5.50. The van der Waals surface area contributed by atoms with Gasteiger partial charge in [0.1, 0.15) is 22.9 Å². The van der Waals surface area contributed by atoms with Crippen LogP contribution in [0, 0.1) is 23.5 Å². The Morgan fingerprint density at radius 2 is 1.90 bits per heavy atom. The number of anilines is 1. The Hall–Kier alpha value is -3.34. The first-order valence-corrected chi connectivity index (χ1v) is 13.7. The zero-order chi connectivity index (χ0) is 27.8. The van der Waals surface area contributed by atoms with Crippen molar-refractivity contribution in [2.45, 2.75) is 46.0 Å². The molecule has 1 aromatic carbocycles. The lowest BCUT2D eigenvalue weighted by molar-refractivity contribution is 0.0947. The van der Waals surface area contributed by atoms with Crippen molar-refractivity contribution in [2.75, 3.05) is 37.0 Å². The molecule has 9 nitrogen and oxygen atoms in total. The molecule has 1 fully saturated rings. The lowest BCUT2D eigenvalue weighted by Gasteiger charge is -2.32. The van der Waals surface area contributed by atoms with E-state index >= 15 is 0 Å². The van der Waals surface area contributed by atoms with Crippen LogP contribution in [0.2, 0.25) is 0 Å². The molecule has 4 rings (SSSR count). The number of nitrogens with one attached hydrogen (secondary N) is 1. The van der Waals surface area contributed by atoms with Gasteiger partial charge in [-0.15, -0.1) is 11.6 Å². The van der Waals surface area contributed by atoms with Crippen LogP contribution in [0.1, 0.15) is 55.8 Å². The minimum absolute atomic E-state index is 0.0614. The molecule has 0 unspecified atom stereocenters. The molecule has 2 aromatic heterocycles. The van der Waals surface area contributed by atoms with Gasteiger partial charge in [-0.1, -0.05) is 19.0 Å². The number of piperidine rings is 1.